The Morgan fingerprint density at radius 3 is 1.78 bits per heavy atom. The Hall–Kier alpha value is -7.96. The van der Waals surface area contributed by atoms with Crippen LogP contribution in [0.15, 0.2) is 192 Å². The molecule has 0 saturated heterocycles. The summed E-state index contributed by atoms with van der Waals surface area (Å²) in [4.78, 5) is 0. The average Bonchev–Trinajstić information content (AvgIpc) is 3.96. The van der Waals surface area contributed by atoms with Crippen molar-refractivity contribution < 1.29 is 13.8 Å². The van der Waals surface area contributed by atoms with Crippen LogP contribution in [0.2, 0.25) is 0 Å². The van der Waals surface area contributed by atoms with Crippen LogP contribution in [0, 0.1) is 0 Å². The first kappa shape index (κ1) is 32.1. The topological polar surface area (TPSA) is 41.5 Å². The number of hydrogen-bond donors (Lipinski definition) is 0. The van der Waals surface area contributed by atoms with E-state index in [1.165, 1.54) is 32.6 Å². The fourth-order valence-electron chi connectivity index (χ4n) is 10.1. The van der Waals surface area contributed by atoms with E-state index >= 15 is 0 Å². The second-order valence-electron chi connectivity index (χ2n) is 16.0. The summed E-state index contributed by atoms with van der Waals surface area (Å²) in [6.07, 6.45) is 0. The van der Waals surface area contributed by atoms with Gasteiger partial charge in [0.1, 0.15) is 28.4 Å². The number of fused-ring (bicyclic) bond motifs is 13. The van der Waals surface area contributed by atoms with Crippen LogP contribution in [0.5, 0.6) is 17.2 Å². The van der Waals surface area contributed by atoms with Crippen molar-refractivity contribution in [1.82, 2.24) is 9.13 Å². The Kier molecular flexibility index (Phi) is 6.31. The molecule has 0 spiro atoms. The average molecular weight is 767 g/mol. The maximum absolute atomic E-state index is 7.03. The molecule has 14 rings (SSSR count). The predicted octanol–water partition coefficient (Wildman–Crippen LogP) is 12.7. The lowest BCUT2D eigenvalue weighted by atomic mass is 9.51. The molecule has 0 saturated carbocycles. The standard InChI is InChI=1S/C54H31BN2O3/c1-6-16-45-36(11-1)37-12-2-7-17-46(37)56(45)34-23-26-48-42(29-34)38-13-3-8-18-47(38)57(48)35-30-43-41-25-22-33(32-21-24-40-39-14-4-9-19-49(39)58-51(40)27-32)28-52(41)60-55-44-15-5-10-20-50(44)59-53(31-35)54(43)55/h1-31H. The Bertz CT molecular complexity index is 3760. The van der Waals surface area contributed by atoms with Gasteiger partial charge in [-0.15, -0.1) is 0 Å². The minimum absolute atomic E-state index is 0.318. The minimum atomic E-state index is -0.318. The number of benzene rings is 9. The summed E-state index contributed by atoms with van der Waals surface area (Å²) in [5.74, 6) is 2.46. The first-order valence-corrected chi connectivity index (χ1v) is 20.4. The van der Waals surface area contributed by atoms with Gasteiger partial charge in [-0.2, -0.15) is 0 Å². The van der Waals surface area contributed by atoms with Crippen LogP contribution in [0.4, 0.5) is 0 Å². The molecule has 9 aromatic carbocycles. The van der Waals surface area contributed by atoms with Gasteiger partial charge in [0.2, 0.25) is 0 Å². The summed E-state index contributed by atoms with van der Waals surface area (Å²) < 4.78 is 24.9. The highest BCUT2D eigenvalue weighted by Crippen LogP contribution is 2.44. The molecule has 60 heavy (non-hydrogen) atoms. The molecule has 5 heterocycles. The van der Waals surface area contributed by atoms with E-state index in [-0.39, 0.29) is 6.92 Å². The molecule has 278 valence electrons. The second-order valence-corrected chi connectivity index (χ2v) is 16.0. The summed E-state index contributed by atoms with van der Waals surface area (Å²) in [7, 11) is 0. The van der Waals surface area contributed by atoms with Gasteiger partial charge in [0, 0.05) is 60.6 Å². The van der Waals surface area contributed by atoms with Gasteiger partial charge in [-0.25, -0.2) is 0 Å². The van der Waals surface area contributed by atoms with Crippen molar-refractivity contribution in [2.75, 3.05) is 0 Å². The monoisotopic (exact) mass is 766 g/mol. The van der Waals surface area contributed by atoms with Gasteiger partial charge >= 0.3 is 6.92 Å². The summed E-state index contributed by atoms with van der Waals surface area (Å²) in [6, 6.07) is 67.0. The highest BCUT2D eigenvalue weighted by molar-refractivity contribution is 6.84. The van der Waals surface area contributed by atoms with Crippen molar-refractivity contribution in [3.63, 3.8) is 0 Å². The molecule has 12 aromatic rings. The zero-order valence-corrected chi connectivity index (χ0v) is 32.1. The molecule has 5 nitrogen and oxygen atoms in total. The van der Waals surface area contributed by atoms with Crippen LogP contribution in [-0.4, -0.2) is 16.0 Å². The number of hydrogen-bond acceptors (Lipinski definition) is 3. The fourth-order valence-corrected chi connectivity index (χ4v) is 10.1. The summed E-state index contributed by atoms with van der Waals surface area (Å²) in [5.41, 5.74) is 14.9. The third-order valence-corrected chi connectivity index (χ3v) is 12.8. The SMILES string of the molecule is c1ccc2c(c1)Oc1cc(-n3c4ccccc4c4cc(-n5c6ccccc6c6ccccc65)ccc43)cc3c1B2Oc1cc(-c2ccc4c(c2)oc2ccccc24)ccc1-3. The van der Waals surface area contributed by atoms with Crippen LogP contribution < -0.4 is 20.3 Å². The molecule has 0 aliphatic carbocycles. The molecule has 2 aliphatic heterocycles. The summed E-state index contributed by atoms with van der Waals surface area (Å²) in [5, 5.41) is 7.13. The molecule has 0 radical (unpaired) electrons. The van der Waals surface area contributed by atoms with Crippen molar-refractivity contribution in [2.24, 2.45) is 0 Å². The van der Waals surface area contributed by atoms with E-state index in [4.69, 9.17) is 13.8 Å². The van der Waals surface area contributed by atoms with Crippen LogP contribution >= 0.6 is 0 Å². The molecule has 6 heteroatoms. The van der Waals surface area contributed by atoms with Gasteiger partial charge in [0.25, 0.3) is 0 Å². The van der Waals surface area contributed by atoms with Crippen LogP contribution in [0.1, 0.15) is 0 Å². The first-order chi connectivity index (χ1) is 29.7. The molecule has 0 bridgehead atoms. The Balaban J connectivity index is 0.967. The van der Waals surface area contributed by atoms with Gasteiger partial charge in [0.05, 0.1) is 27.8 Å². The summed E-state index contributed by atoms with van der Waals surface area (Å²) in [6.45, 7) is -0.318. The van der Waals surface area contributed by atoms with Crippen molar-refractivity contribution in [2.45, 2.75) is 0 Å². The third-order valence-electron chi connectivity index (χ3n) is 12.8. The molecular formula is C54H31BN2O3. The Labute approximate surface area is 344 Å². The van der Waals surface area contributed by atoms with Crippen molar-refractivity contribution in [3.8, 4) is 50.9 Å². The fraction of sp³-hybridized carbons (Fsp3) is 0. The lowest BCUT2D eigenvalue weighted by Crippen LogP contribution is -2.53. The van der Waals surface area contributed by atoms with E-state index in [9.17, 15) is 0 Å². The molecule has 0 unspecified atom stereocenters. The normalized spacial score (nSPS) is 12.9. The maximum atomic E-state index is 7.03. The molecule has 0 atom stereocenters. The molecule has 0 amide bonds. The molecule has 0 N–H and O–H groups in total. The smallest absolute Gasteiger partial charge is 0.434 e. The lowest BCUT2D eigenvalue weighted by molar-refractivity contribution is 0.479. The minimum Gasteiger partial charge on any atom is -0.551 e. The number of furan rings is 1. The number of nitrogens with zero attached hydrogens (tertiary/aromatic N) is 2. The van der Waals surface area contributed by atoms with Gasteiger partial charge in [-0.3, -0.25) is 0 Å². The number of rotatable bonds is 3. The highest BCUT2D eigenvalue weighted by atomic mass is 16.5. The number of ether oxygens (including phenoxy) is 1. The quantitative estimate of drug-likeness (QED) is 0.168. The van der Waals surface area contributed by atoms with E-state index < -0.39 is 0 Å². The Morgan fingerprint density at radius 2 is 0.983 bits per heavy atom. The number of aromatic nitrogens is 2. The molecule has 0 fully saturated rings. The van der Waals surface area contributed by atoms with E-state index in [1.54, 1.807) is 0 Å². The zero-order chi connectivity index (χ0) is 39.1. The molecular weight excluding hydrogens is 735 g/mol. The largest absolute Gasteiger partial charge is 0.551 e. The molecule has 2 aliphatic rings. The maximum Gasteiger partial charge on any atom is 0.434 e. The van der Waals surface area contributed by atoms with E-state index in [0.717, 1.165) is 94.8 Å². The van der Waals surface area contributed by atoms with Crippen molar-refractivity contribution in [1.29, 1.82) is 0 Å². The number of para-hydroxylation sites is 5. The van der Waals surface area contributed by atoms with Crippen LogP contribution in [0.25, 0.3) is 99.2 Å². The Morgan fingerprint density at radius 1 is 0.367 bits per heavy atom. The van der Waals surface area contributed by atoms with E-state index in [1.807, 2.05) is 24.3 Å². The van der Waals surface area contributed by atoms with Crippen molar-refractivity contribution in [3.05, 3.63) is 188 Å². The van der Waals surface area contributed by atoms with Gasteiger partial charge in [0.15, 0.2) is 0 Å². The van der Waals surface area contributed by atoms with Gasteiger partial charge in [-0.05, 0) is 89.5 Å². The second kappa shape index (κ2) is 11.8. The predicted molar refractivity (Wildman–Crippen MR) is 245 cm³/mol. The van der Waals surface area contributed by atoms with Crippen molar-refractivity contribution >= 4 is 83.4 Å². The van der Waals surface area contributed by atoms with E-state index in [2.05, 4.69) is 173 Å². The lowest BCUT2D eigenvalue weighted by Gasteiger charge is -2.33. The zero-order valence-electron chi connectivity index (χ0n) is 32.1. The van der Waals surface area contributed by atoms with Gasteiger partial charge in [-0.1, -0.05) is 109 Å². The van der Waals surface area contributed by atoms with Crippen LogP contribution in [0.3, 0.4) is 0 Å². The van der Waals surface area contributed by atoms with Crippen LogP contribution in [-0.2, 0) is 0 Å². The van der Waals surface area contributed by atoms with Gasteiger partial charge < -0.3 is 22.9 Å². The van der Waals surface area contributed by atoms with E-state index in [0.29, 0.717) is 0 Å². The first-order valence-electron chi connectivity index (χ1n) is 20.4. The summed E-state index contributed by atoms with van der Waals surface area (Å²) >= 11 is 0. The molecule has 3 aromatic heterocycles. The highest BCUT2D eigenvalue weighted by Gasteiger charge is 2.41. The third kappa shape index (κ3) is 4.37.